The van der Waals surface area contributed by atoms with Crippen LogP contribution in [0.15, 0.2) is 40.9 Å². The summed E-state index contributed by atoms with van der Waals surface area (Å²) in [5, 5.41) is 4.41. The van der Waals surface area contributed by atoms with Gasteiger partial charge in [0.15, 0.2) is 11.5 Å². The SMILES string of the molecule is COc1ccccc1-c1nc2cc(Br)cc(N)n2n1. The Balaban J connectivity index is 2.23. The van der Waals surface area contributed by atoms with Gasteiger partial charge in [0.05, 0.1) is 12.7 Å². The fraction of sp³-hybridized carbons (Fsp3) is 0.0769. The number of benzene rings is 1. The Bertz CT molecular complexity index is 753. The van der Waals surface area contributed by atoms with E-state index in [4.69, 9.17) is 10.5 Å². The van der Waals surface area contributed by atoms with Gasteiger partial charge in [-0.25, -0.2) is 4.98 Å². The maximum Gasteiger partial charge on any atom is 0.185 e. The topological polar surface area (TPSA) is 65.4 Å². The van der Waals surface area contributed by atoms with Crippen molar-refractivity contribution in [2.45, 2.75) is 0 Å². The molecule has 0 spiro atoms. The Morgan fingerprint density at radius 1 is 1.26 bits per heavy atom. The molecule has 0 unspecified atom stereocenters. The first-order chi connectivity index (χ1) is 9.19. The van der Waals surface area contributed by atoms with Crippen molar-refractivity contribution in [3.63, 3.8) is 0 Å². The summed E-state index contributed by atoms with van der Waals surface area (Å²) in [5.74, 6) is 1.84. The van der Waals surface area contributed by atoms with Gasteiger partial charge in [0.25, 0.3) is 0 Å². The summed E-state index contributed by atoms with van der Waals surface area (Å²) in [6, 6.07) is 11.3. The number of nitrogens with zero attached hydrogens (tertiary/aromatic N) is 3. The van der Waals surface area contributed by atoms with Gasteiger partial charge in [-0.05, 0) is 24.3 Å². The van der Waals surface area contributed by atoms with Crippen LogP contribution in [-0.2, 0) is 0 Å². The number of halogens is 1. The van der Waals surface area contributed by atoms with Gasteiger partial charge in [-0.15, -0.1) is 5.10 Å². The number of ether oxygens (including phenoxy) is 1. The monoisotopic (exact) mass is 318 g/mol. The first-order valence-electron chi connectivity index (χ1n) is 5.64. The second kappa shape index (κ2) is 4.55. The largest absolute Gasteiger partial charge is 0.496 e. The number of anilines is 1. The first-order valence-corrected chi connectivity index (χ1v) is 6.43. The Morgan fingerprint density at radius 3 is 2.84 bits per heavy atom. The van der Waals surface area contributed by atoms with Crippen LogP contribution in [0.4, 0.5) is 5.82 Å². The number of pyridine rings is 1. The molecule has 0 aliphatic carbocycles. The molecule has 5 nitrogen and oxygen atoms in total. The highest BCUT2D eigenvalue weighted by molar-refractivity contribution is 9.10. The molecule has 2 heterocycles. The highest BCUT2D eigenvalue weighted by Gasteiger charge is 2.12. The van der Waals surface area contributed by atoms with Gasteiger partial charge >= 0.3 is 0 Å². The molecule has 0 aliphatic heterocycles. The molecular formula is C13H11BrN4O. The Kier molecular flexibility index (Phi) is 2.87. The van der Waals surface area contributed by atoms with E-state index in [1.54, 1.807) is 17.7 Å². The van der Waals surface area contributed by atoms with Gasteiger partial charge < -0.3 is 10.5 Å². The number of hydrogen-bond acceptors (Lipinski definition) is 4. The Hall–Kier alpha value is -2.08. The third-order valence-electron chi connectivity index (χ3n) is 2.78. The van der Waals surface area contributed by atoms with E-state index in [1.165, 1.54) is 0 Å². The molecule has 3 aromatic rings. The van der Waals surface area contributed by atoms with Crippen molar-refractivity contribution in [3.05, 3.63) is 40.9 Å². The van der Waals surface area contributed by atoms with Crippen LogP contribution in [0, 0.1) is 0 Å². The van der Waals surface area contributed by atoms with Crippen LogP contribution in [0.25, 0.3) is 17.0 Å². The third-order valence-corrected chi connectivity index (χ3v) is 3.24. The summed E-state index contributed by atoms with van der Waals surface area (Å²) < 4.78 is 7.80. The highest BCUT2D eigenvalue weighted by Crippen LogP contribution is 2.28. The van der Waals surface area contributed by atoms with Crippen LogP contribution in [0.5, 0.6) is 5.75 Å². The fourth-order valence-corrected chi connectivity index (χ4v) is 2.36. The van der Waals surface area contributed by atoms with Crippen LogP contribution in [0.3, 0.4) is 0 Å². The molecule has 0 fully saturated rings. The molecule has 2 aromatic heterocycles. The molecule has 1 aromatic carbocycles. The van der Waals surface area contributed by atoms with Crippen molar-refractivity contribution in [3.8, 4) is 17.1 Å². The van der Waals surface area contributed by atoms with Crippen molar-refractivity contribution in [1.29, 1.82) is 0 Å². The van der Waals surface area contributed by atoms with Gasteiger partial charge in [0.1, 0.15) is 11.6 Å². The van der Waals surface area contributed by atoms with Crippen molar-refractivity contribution in [2.24, 2.45) is 0 Å². The number of aromatic nitrogens is 3. The van der Waals surface area contributed by atoms with Crippen LogP contribution in [0.1, 0.15) is 0 Å². The summed E-state index contributed by atoms with van der Waals surface area (Å²) in [4.78, 5) is 4.48. The third kappa shape index (κ3) is 2.04. The fourth-order valence-electron chi connectivity index (χ4n) is 1.92. The molecule has 0 saturated carbocycles. The van der Waals surface area contributed by atoms with Crippen molar-refractivity contribution < 1.29 is 4.74 Å². The van der Waals surface area contributed by atoms with Gasteiger partial charge in [-0.2, -0.15) is 4.52 Å². The van der Waals surface area contributed by atoms with Crippen molar-refractivity contribution in [1.82, 2.24) is 14.6 Å². The minimum atomic E-state index is 0.526. The van der Waals surface area contributed by atoms with Crippen LogP contribution >= 0.6 is 15.9 Å². The second-order valence-corrected chi connectivity index (χ2v) is 4.92. The predicted octanol–water partition coefficient (Wildman–Crippen LogP) is 2.75. The number of para-hydroxylation sites is 1. The number of hydrogen-bond donors (Lipinski definition) is 1. The summed E-state index contributed by atoms with van der Waals surface area (Å²) in [6.45, 7) is 0. The molecule has 0 bridgehead atoms. The van der Waals surface area contributed by atoms with Crippen molar-refractivity contribution >= 4 is 27.4 Å². The molecule has 96 valence electrons. The maximum absolute atomic E-state index is 5.92. The molecule has 19 heavy (non-hydrogen) atoms. The number of rotatable bonds is 2. The summed E-state index contributed by atoms with van der Waals surface area (Å²) in [6.07, 6.45) is 0. The lowest BCUT2D eigenvalue weighted by Crippen LogP contribution is -1.98. The summed E-state index contributed by atoms with van der Waals surface area (Å²) in [5.41, 5.74) is 7.44. The standard InChI is InChI=1S/C13H11BrN4O/c1-19-10-5-3-2-4-9(10)13-16-12-7-8(14)6-11(15)18(12)17-13/h2-7H,15H2,1H3. The lowest BCUT2D eigenvalue weighted by Gasteiger charge is -2.03. The summed E-state index contributed by atoms with van der Waals surface area (Å²) >= 11 is 3.39. The zero-order chi connectivity index (χ0) is 13.4. The zero-order valence-corrected chi connectivity index (χ0v) is 11.8. The normalized spacial score (nSPS) is 10.8. The maximum atomic E-state index is 5.92. The molecule has 0 saturated heterocycles. The zero-order valence-electron chi connectivity index (χ0n) is 10.2. The lowest BCUT2D eigenvalue weighted by molar-refractivity contribution is 0.416. The molecule has 6 heteroatoms. The molecule has 0 radical (unpaired) electrons. The molecule has 0 amide bonds. The van der Waals surface area contributed by atoms with Gasteiger partial charge in [-0.3, -0.25) is 0 Å². The van der Waals surface area contributed by atoms with E-state index >= 15 is 0 Å². The van der Waals surface area contributed by atoms with E-state index in [2.05, 4.69) is 26.0 Å². The van der Waals surface area contributed by atoms with Gasteiger partial charge in [0.2, 0.25) is 0 Å². The Labute approximate surface area is 118 Å². The number of fused-ring (bicyclic) bond motifs is 1. The number of nitrogens with two attached hydrogens (primary N) is 1. The van der Waals surface area contributed by atoms with Crippen LogP contribution < -0.4 is 10.5 Å². The smallest absolute Gasteiger partial charge is 0.185 e. The van der Waals surface area contributed by atoms with Gasteiger partial charge in [-0.1, -0.05) is 28.1 Å². The first kappa shape index (κ1) is 12.0. The van der Waals surface area contributed by atoms with Crippen LogP contribution in [-0.4, -0.2) is 21.7 Å². The minimum absolute atomic E-state index is 0.526. The summed E-state index contributed by atoms with van der Waals surface area (Å²) in [7, 11) is 1.62. The van der Waals surface area contributed by atoms with E-state index in [9.17, 15) is 0 Å². The minimum Gasteiger partial charge on any atom is -0.496 e. The van der Waals surface area contributed by atoms with Crippen LogP contribution in [0.2, 0.25) is 0 Å². The quantitative estimate of drug-likeness (QED) is 0.789. The molecule has 3 rings (SSSR count). The average molecular weight is 319 g/mol. The predicted molar refractivity (Wildman–Crippen MR) is 77.1 cm³/mol. The van der Waals surface area contributed by atoms with E-state index in [1.807, 2.05) is 30.3 Å². The van der Waals surface area contributed by atoms with E-state index in [0.717, 1.165) is 15.8 Å². The average Bonchev–Trinajstić information content (AvgIpc) is 2.82. The van der Waals surface area contributed by atoms with E-state index < -0.39 is 0 Å². The number of methoxy groups -OCH3 is 1. The molecule has 0 atom stereocenters. The molecule has 0 aliphatic rings. The molecule has 2 N–H and O–H groups in total. The highest BCUT2D eigenvalue weighted by atomic mass is 79.9. The number of nitrogen functional groups attached to an aromatic ring is 1. The van der Waals surface area contributed by atoms with E-state index in [0.29, 0.717) is 17.3 Å². The van der Waals surface area contributed by atoms with Gasteiger partial charge in [0, 0.05) is 4.47 Å². The molecular weight excluding hydrogens is 308 g/mol. The lowest BCUT2D eigenvalue weighted by atomic mass is 10.2. The van der Waals surface area contributed by atoms with Crippen molar-refractivity contribution in [2.75, 3.05) is 12.8 Å². The Morgan fingerprint density at radius 2 is 2.05 bits per heavy atom. The van der Waals surface area contributed by atoms with E-state index in [-0.39, 0.29) is 0 Å². The second-order valence-electron chi connectivity index (χ2n) is 4.00.